The van der Waals surface area contributed by atoms with Gasteiger partial charge in [-0.15, -0.1) is 0 Å². The van der Waals surface area contributed by atoms with E-state index in [1.165, 1.54) is 25.7 Å². The van der Waals surface area contributed by atoms with Crippen LogP contribution in [0.5, 0.6) is 0 Å². The molecule has 0 bridgehead atoms. The predicted molar refractivity (Wildman–Crippen MR) is 64.4 cm³/mol. The standard InChI is InChI=1S/C14H28/c1-13(2,3)11-8-7-9-12(10-11)14(4,5)6/h11-12H,7-10H2,1-6H3/t11-,12+. The van der Waals surface area contributed by atoms with Crippen LogP contribution >= 0.6 is 0 Å². The van der Waals surface area contributed by atoms with Gasteiger partial charge in [0, 0.05) is 0 Å². The van der Waals surface area contributed by atoms with Crippen LogP contribution in [0.3, 0.4) is 0 Å². The second kappa shape index (κ2) is 3.87. The summed E-state index contributed by atoms with van der Waals surface area (Å²) in [7, 11) is 0. The maximum atomic E-state index is 2.41. The van der Waals surface area contributed by atoms with Gasteiger partial charge in [0.2, 0.25) is 0 Å². The van der Waals surface area contributed by atoms with Crippen LogP contribution in [0, 0.1) is 22.7 Å². The van der Waals surface area contributed by atoms with Gasteiger partial charge in [-0.1, -0.05) is 48.0 Å². The topological polar surface area (TPSA) is 0 Å². The van der Waals surface area contributed by atoms with Crippen molar-refractivity contribution >= 4 is 0 Å². The average Bonchev–Trinajstić information content (AvgIpc) is 2.01. The Bertz CT molecular complexity index is 157. The highest BCUT2D eigenvalue weighted by Crippen LogP contribution is 2.45. The van der Waals surface area contributed by atoms with Gasteiger partial charge in [0.15, 0.2) is 0 Å². The highest BCUT2D eigenvalue weighted by atomic mass is 14.4. The summed E-state index contributed by atoms with van der Waals surface area (Å²) in [5.41, 5.74) is 1.04. The quantitative estimate of drug-likeness (QED) is 0.518. The summed E-state index contributed by atoms with van der Waals surface area (Å²) in [4.78, 5) is 0. The lowest BCUT2D eigenvalue weighted by molar-refractivity contribution is 0.0830. The summed E-state index contributed by atoms with van der Waals surface area (Å²) < 4.78 is 0. The molecule has 0 spiro atoms. The van der Waals surface area contributed by atoms with Crippen molar-refractivity contribution in [2.75, 3.05) is 0 Å². The van der Waals surface area contributed by atoms with Crippen molar-refractivity contribution in [3.63, 3.8) is 0 Å². The molecular weight excluding hydrogens is 168 g/mol. The first kappa shape index (κ1) is 12.1. The van der Waals surface area contributed by atoms with Crippen LogP contribution in [0.25, 0.3) is 0 Å². The molecule has 1 rings (SSSR count). The maximum absolute atomic E-state index is 2.41. The molecule has 0 nitrogen and oxygen atoms in total. The third kappa shape index (κ3) is 3.00. The van der Waals surface area contributed by atoms with E-state index < -0.39 is 0 Å². The van der Waals surface area contributed by atoms with E-state index in [0.717, 1.165) is 11.8 Å². The molecule has 1 fully saturated rings. The Balaban J connectivity index is 2.61. The summed E-state index contributed by atoms with van der Waals surface area (Å²) in [5, 5.41) is 0. The summed E-state index contributed by atoms with van der Waals surface area (Å²) in [6.07, 6.45) is 5.81. The van der Waals surface area contributed by atoms with Crippen molar-refractivity contribution in [1.29, 1.82) is 0 Å². The zero-order valence-corrected chi connectivity index (χ0v) is 11.0. The van der Waals surface area contributed by atoms with Crippen molar-refractivity contribution in [2.45, 2.75) is 67.2 Å². The molecule has 0 aromatic rings. The van der Waals surface area contributed by atoms with Crippen LogP contribution in [-0.2, 0) is 0 Å². The predicted octanol–water partition coefficient (Wildman–Crippen LogP) is 4.89. The zero-order chi connectivity index (χ0) is 11.0. The van der Waals surface area contributed by atoms with E-state index >= 15 is 0 Å². The maximum Gasteiger partial charge on any atom is -0.0354 e. The van der Waals surface area contributed by atoms with Crippen LogP contribution in [0.1, 0.15) is 67.2 Å². The minimum absolute atomic E-state index is 0.518. The van der Waals surface area contributed by atoms with E-state index in [2.05, 4.69) is 41.5 Å². The molecule has 0 heteroatoms. The van der Waals surface area contributed by atoms with Crippen molar-refractivity contribution in [3.8, 4) is 0 Å². The third-order valence-electron chi connectivity index (χ3n) is 4.12. The van der Waals surface area contributed by atoms with Gasteiger partial charge in [0.1, 0.15) is 0 Å². The van der Waals surface area contributed by atoms with E-state index in [1.807, 2.05) is 0 Å². The molecule has 0 heterocycles. The van der Waals surface area contributed by atoms with Gasteiger partial charge in [-0.2, -0.15) is 0 Å². The first-order valence-electron chi connectivity index (χ1n) is 6.21. The first-order chi connectivity index (χ1) is 6.21. The van der Waals surface area contributed by atoms with E-state index in [4.69, 9.17) is 0 Å². The minimum atomic E-state index is 0.518. The van der Waals surface area contributed by atoms with E-state index in [-0.39, 0.29) is 0 Å². The molecule has 0 unspecified atom stereocenters. The average molecular weight is 196 g/mol. The normalized spacial score (nSPS) is 30.4. The molecule has 0 aromatic carbocycles. The highest BCUT2D eigenvalue weighted by molar-refractivity contribution is 4.85. The molecular formula is C14H28. The zero-order valence-electron chi connectivity index (χ0n) is 11.0. The molecule has 0 saturated heterocycles. The Kier molecular flexibility index (Phi) is 3.33. The van der Waals surface area contributed by atoms with Gasteiger partial charge in [-0.05, 0) is 41.9 Å². The Morgan fingerprint density at radius 1 is 0.714 bits per heavy atom. The summed E-state index contributed by atoms with van der Waals surface area (Å²) >= 11 is 0. The highest BCUT2D eigenvalue weighted by Gasteiger charge is 2.35. The monoisotopic (exact) mass is 196 g/mol. The van der Waals surface area contributed by atoms with Crippen molar-refractivity contribution in [2.24, 2.45) is 22.7 Å². The Labute approximate surface area is 90.5 Å². The Morgan fingerprint density at radius 2 is 1.07 bits per heavy atom. The fourth-order valence-corrected chi connectivity index (χ4v) is 2.76. The van der Waals surface area contributed by atoms with E-state index in [0.29, 0.717) is 10.8 Å². The smallest absolute Gasteiger partial charge is 0.0354 e. The molecule has 14 heavy (non-hydrogen) atoms. The second-order valence-corrected chi connectivity index (χ2v) is 7.29. The van der Waals surface area contributed by atoms with Crippen LogP contribution in [0.4, 0.5) is 0 Å². The van der Waals surface area contributed by atoms with E-state index in [9.17, 15) is 0 Å². The number of rotatable bonds is 0. The largest absolute Gasteiger partial charge is 0.0599 e. The summed E-state index contributed by atoms with van der Waals surface area (Å²) in [6.45, 7) is 14.4. The van der Waals surface area contributed by atoms with Gasteiger partial charge in [0.25, 0.3) is 0 Å². The SMILES string of the molecule is CC(C)(C)[C@@H]1CCC[C@H](C(C)(C)C)C1. The molecule has 2 atom stereocenters. The van der Waals surface area contributed by atoms with Gasteiger partial charge < -0.3 is 0 Å². The molecule has 1 aliphatic rings. The molecule has 1 aliphatic carbocycles. The Morgan fingerprint density at radius 3 is 1.36 bits per heavy atom. The lowest BCUT2D eigenvalue weighted by Crippen LogP contribution is -2.32. The fraction of sp³-hybridized carbons (Fsp3) is 1.00. The van der Waals surface area contributed by atoms with Gasteiger partial charge in [0.05, 0.1) is 0 Å². The molecule has 0 N–H and O–H groups in total. The van der Waals surface area contributed by atoms with Crippen molar-refractivity contribution in [1.82, 2.24) is 0 Å². The third-order valence-corrected chi connectivity index (χ3v) is 4.12. The van der Waals surface area contributed by atoms with Crippen LogP contribution in [0.2, 0.25) is 0 Å². The van der Waals surface area contributed by atoms with Gasteiger partial charge in [-0.3, -0.25) is 0 Å². The molecule has 0 aromatic heterocycles. The lowest BCUT2D eigenvalue weighted by atomic mass is 9.63. The fourth-order valence-electron chi connectivity index (χ4n) is 2.76. The van der Waals surface area contributed by atoms with Crippen LogP contribution < -0.4 is 0 Å². The molecule has 0 aliphatic heterocycles. The summed E-state index contributed by atoms with van der Waals surface area (Å²) in [6, 6.07) is 0. The molecule has 1 saturated carbocycles. The molecule has 0 amide bonds. The Hall–Kier alpha value is 0. The van der Waals surface area contributed by atoms with E-state index in [1.54, 1.807) is 0 Å². The molecule has 84 valence electrons. The van der Waals surface area contributed by atoms with Gasteiger partial charge in [-0.25, -0.2) is 0 Å². The van der Waals surface area contributed by atoms with Crippen molar-refractivity contribution in [3.05, 3.63) is 0 Å². The second-order valence-electron chi connectivity index (χ2n) is 7.29. The summed E-state index contributed by atoms with van der Waals surface area (Å²) in [5.74, 6) is 1.89. The van der Waals surface area contributed by atoms with Crippen LogP contribution in [-0.4, -0.2) is 0 Å². The lowest BCUT2D eigenvalue weighted by Gasteiger charge is -2.42. The first-order valence-corrected chi connectivity index (χ1v) is 6.21. The van der Waals surface area contributed by atoms with Gasteiger partial charge >= 0.3 is 0 Å². The minimum Gasteiger partial charge on any atom is -0.0599 e. The van der Waals surface area contributed by atoms with Crippen LogP contribution in [0.15, 0.2) is 0 Å². The molecule has 0 radical (unpaired) electrons. The number of hydrogen-bond acceptors (Lipinski definition) is 0. The number of hydrogen-bond donors (Lipinski definition) is 0. The van der Waals surface area contributed by atoms with Crippen molar-refractivity contribution < 1.29 is 0 Å².